The van der Waals surface area contributed by atoms with Gasteiger partial charge in [-0.05, 0) is 10.8 Å². The van der Waals surface area contributed by atoms with E-state index in [-0.39, 0.29) is 5.91 Å². The van der Waals surface area contributed by atoms with Crippen LogP contribution in [-0.2, 0) is 6.61 Å². The van der Waals surface area contributed by atoms with Crippen LogP contribution >= 0.6 is 0 Å². The summed E-state index contributed by atoms with van der Waals surface area (Å²) in [5, 5.41) is 7.41. The topological polar surface area (TPSA) is 60.2 Å². The zero-order chi connectivity index (χ0) is 13.0. The number of carbonyl (C=O) groups excluding carboxylic acids is 1. The van der Waals surface area contributed by atoms with Gasteiger partial charge in [-0.3, -0.25) is 4.79 Å². The van der Waals surface area contributed by atoms with Gasteiger partial charge in [0, 0.05) is 14.1 Å². The van der Waals surface area contributed by atoms with E-state index in [1.807, 2.05) is 30.3 Å². The van der Waals surface area contributed by atoms with Crippen molar-refractivity contribution in [2.45, 2.75) is 6.61 Å². The van der Waals surface area contributed by atoms with Crippen LogP contribution in [0.1, 0.15) is 16.1 Å². The van der Waals surface area contributed by atoms with Crippen LogP contribution in [-0.4, -0.2) is 40.1 Å². The van der Waals surface area contributed by atoms with E-state index < -0.39 is 0 Å². The molecule has 94 valence electrons. The molecule has 6 nitrogen and oxygen atoms in total. The summed E-state index contributed by atoms with van der Waals surface area (Å²) in [4.78, 5) is 19.8. The Bertz CT molecular complexity index is 522. The molecular formula is C12H14N4O2. The van der Waals surface area contributed by atoms with Crippen molar-refractivity contribution in [1.29, 1.82) is 0 Å². The first-order chi connectivity index (χ1) is 8.68. The Morgan fingerprint density at radius 1 is 1.33 bits per heavy atom. The standard InChI is InChI=1S/C12H14N4O2/c1-15(2)12(17)11-8-13-14-16(11)18-9-10-6-4-3-5-7-10/h3-8H,9H2,1-2H3. The Morgan fingerprint density at radius 3 is 2.72 bits per heavy atom. The zero-order valence-electron chi connectivity index (χ0n) is 10.3. The molecule has 0 saturated carbocycles. The summed E-state index contributed by atoms with van der Waals surface area (Å²) in [7, 11) is 3.33. The van der Waals surface area contributed by atoms with Crippen LogP contribution in [0.2, 0.25) is 0 Å². The fraction of sp³-hybridized carbons (Fsp3) is 0.250. The highest BCUT2D eigenvalue weighted by Crippen LogP contribution is 2.02. The summed E-state index contributed by atoms with van der Waals surface area (Å²) in [5.41, 5.74) is 1.30. The Balaban J connectivity index is 2.07. The summed E-state index contributed by atoms with van der Waals surface area (Å²) in [6, 6.07) is 9.65. The van der Waals surface area contributed by atoms with Crippen LogP contribution in [0.15, 0.2) is 36.5 Å². The van der Waals surface area contributed by atoms with Gasteiger partial charge < -0.3 is 9.74 Å². The van der Waals surface area contributed by atoms with Gasteiger partial charge in [0.05, 0.1) is 6.20 Å². The lowest BCUT2D eigenvalue weighted by atomic mass is 10.2. The molecule has 0 saturated heterocycles. The highest BCUT2D eigenvalue weighted by molar-refractivity contribution is 5.91. The normalized spacial score (nSPS) is 10.1. The van der Waals surface area contributed by atoms with Gasteiger partial charge in [0.15, 0.2) is 5.69 Å². The molecule has 1 aromatic heterocycles. The summed E-state index contributed by atoms with van der Waals surface area (Å²) < 4.78 is 0. The van der Waals surface area contributed by atoms with Crippen LogP contribution in [0.25, 0.3) is 0 Å². The van der Waals surface area contributed by atoms with Crippen molar-refractivity contribution in [3.63, 3.8) is 0 Å². The first-order valence-electron chi connectivity index (χ1n) is 5.48. The first kappa shape index (κ1) is 12.1. The maximum Gasteiger partial charge on any atom is 0.277 e. The quantitative estimate of drug-likeness (QED) is 0.793. The maximum atomic E-state index is 11.8. The van der Waals surface area contributed by atoms with E-state index in [0.717, 1.165) is 10.4 Å². The molecule has 0 aliphatic heterocycles. The van der Waals surface area contributed by atoms with Crippen molar-refractivity contribution in [3.05, 3.63) is 47.8 Å². The predicted molar refractivity (Wildman–Crippen MR) is 64.8 cm³/mol. The molecule has 1 amide bonds. The lowest BCUT2D eigenvalue weighted by Gasteiger charge is -2.11. The monoisotopic (exact) mass is 246 g/mol. The molecule has 18 heavy (non-hydrogen) atoms. The van der Waals surface area contributed by atoms with Crippen molar-refractivity contribution >= 4 is 5.91 Å². The summed E-state index contributed by atoms with van der Waals surface area (Å²) in [5.74, 6) is -0.201. The number of hydrogen-bond acceptors (Lipinski definition) is 4. The zero-order valence-corrected chi connectivity index (χ0v) is 10.3. The van der Waals surface area contributed by atoms with Crippen LogP contribution in [0, 0.1) is 0 Å². The van der Waals surface area contributed by atoms with Crippen LogP contribution in [0.4, 0.5) is 0 Å². The smallest absolute Gasteiger partial charge is 0.277 e. The summed E-state index contributed by atoms with van der Waals surface area (Å²) in [6.45, 7) is 0.331. The van der Waals surface area contributed by atoms with Crippen LogP contribution < -0.4 is 4.84 Å². The number of hydrogen-bond donors (Lipinski definition) is 0. The molecule has 2 aromatic rings. The van der Waals surface area contributed by atoms with Crippen molar-refractivity contribution in [1.82, 2.24) is 20.1 Å². The lowest BCUT2D eigenvalue weighted by Crippen LogP contribution is -2.27. The molecule has 0 bridgehead atoms. The molecule has 0 aliphatic carbocycles. The van der Waals surface area contributed by atoms with Gasteiger partial charge in [0.1, 0.15) is 6.61 Å². The molecule has 0 radical (unpaired) electrons. The fourth-order valence-corrected chi connectivity index (χ4v) is 1.40. The van der Waals surface area contributed by atoms with Gasteiger partial charge in [-0.2, -0.15) is 0 Å². The Hall–Kier alpha value is -2.37. The minimum Gasteiger partial charge on any atom is -0.390 e. The molecule has 2 rings (SSSR count). The molecule has 6 heteroatoms. The maximum absolute atomic E-state index is 11.8. The average Bonchev–Trinajstić information content (AvgIpc) is 2.84. The molecule has 0 aliphatic rings. The van der Waals surface area contributed by atoms with Crippen LogP contribution in [0.3, 0.4) is 0 Å². The van der Waals surface area contributed by atoms with E-state index in [2.05, 4.69) is 10.3 Å². The van der Waals surface area contributed by atoms with Crippen molar-refractivity contribution in [2.75, 3.05) is 14.1 Å². The summed E-state index contributed by atoms with van der Waals surface area (Å²) in [6.07, 6.45) is 1.38. The Kier molecular flexibility index (Phi) is 3.57. The van der Waals surface area contributed by atoms with E-state index in [1.165, 1.54) is 11.1 Å². The highest BCUT2D eigenvalue weighted by Gasteiger charge is 2.16. The molecule has 0 N–H and O–H groups in total. The molecule has 1 heterocycles. The summed E-state index contributed by atoms with van der Waals surface area (Å²) >= 11 is 0. The average molecular weight is 246 g/mol. The first-order valence-corrected chi connectivity index (χ1v) is 5.48. The van der Waals surface area contributed by atoms with Gasteiger partial charge in [-0.25, -0.2) is 0 Å². The molecule has 1 aromatic carbocycles. The second-order valence-electron chi connectivity index (χ2n) is 3.95. The third-order valence-electron chi connectivity index (χ3n) is 2.34. The Labute approximate surface area is 105 Å². The van der Waals surface area contributed by atoms with Gasteiger partial charge in [-0.15, -0.1) is 5.10 Å². The van der Waals surface area contributed by atoms with Gasteiger partial charge >= 0.3 is 0 Å². The van der Waals surface area contributed by atoms with E-state index in [1.54, 1.807) is 14.1 Å². The number of nitrogens with zero attached hydrogens (tertiary/aromatic N) is 4. The third kappa shape index (κ3) is 2.65. The minimum atomic E-state index is -0.201. The fourth-order valence-electron chi connectivity index (χ4n) is 1.40. The van der Waals surface area contributed by atoms with Gasteiger partial charge in [0.2, 0.25) is 0 Å². The third-order valence-corrected chi connectivity index (χ3v) is 2.34. The van der Waals surface area contributed by atoms with Crippen molar-refractivity contribution in [2.24, 2.45) is 0 Å². The van der Waals surface area contributed by atoms with E-state index >= 15 is 0 Å². The molecule has 0 unspecified atom stereocenters. The van der Waals surface area contributed by atoms with Crippen molar-refractivity contribution in [3.8, 4) is 0 Å². The van der Waals surface area contributed by atoms with E-state index in [0.29, 0.717) is 12.3 Å². The lowest BCUT2D eigenvalue weighted by molar-refractivity contribution is 0.0510. The Morgan fingerprint density at radius 2 is 2.06 bits per heavy atom. The number of amides is 1. The minimum absolute atomic E-state index is 0.201. The second-order valence-corrected chi connectivity index (χ2v) is 3.95. The largest absolute Gasteiger partial charge is 0.390 e. The number of rotatable bonds is 4. The number of benzene rings is 1. The predicted octanol–water partition coefficient (Wildman–Crippen LogP) is 0.609. The van der Waals surface area contributed by atoms with Gasteiger partial charge in [-0.1, -0.05) is 35.2 Å². The SMILES string of the molecule is CN(C)C(=O)c1cnnn1OCc1ccccc1. The number of aromatic nitrogens is 3. The molecule has 0 fully saturated rings. The highest BCUT2D eigenvalue weighted by atomic mass is 16.7. The number of carbonyl (C=O) groups is 1. The molecule has 0 atom stereocenters. The second kappa shape index (κ2) is 5.31. The van der Waals surface area contributed by atoms with Crippen molar-refractivity contribution < 1.29 is 9.63 Å². The molecular weight excluding hydrogens is 232 g/mol. The van der Waals surface area contributed by atoms with Crippen LogP contribution in [0.5, 0.6) is 0 Å². The molecule has 0 spiro atoms. The van der Waals surface area contributed by atoms with Gasteiger partial charge in [0.25, 0.3) is 5.91 Å². The van der Waals surface area contributed by atoms with E-state index in [4.69, 9.17) is 4.84 Å². The van der Waals surface area contributed by atoms with E-state index in [9.17, 15) is 4.79 Å².